The third-order valence-electron chi connectivity index (χ3n) is 1.76. The normalized spacial score (nSPS) is 10.1. The average molecular weight is 541 g/mol. The van der Waals surface area contributed by atoms with E-state index in [0.29, 0.717) is 0 Å². The fourth-order valence-corrected chi connectivity index (χ4v) is 6.41. The van der Waals surface area contributed by atoms with Crippen molar-refractivity contribution in [2.75, 3.05) is 0 Å². The van der Waals surface area contributed by atoms with Crippen LogP contribution < -0.4 is 0 Å². The van der Waals surface area contributed by atoms with Crippen molar-refractivity contribution in [3.05, 3.63) is 46.4 Å². The minimum atomic E-state index is -6.21. The third-order valence-corrected chi connectivity index (χ3v) is 7.34. The van der Waals surface area contributed by atoms with Crippen LogP contribution in [0.5, 0.6) is 0 Å². The number of hydrogen-bond acceptors (Lipinski definition) is 8. The van der Waals surface area contributed by atoms with Crippen molar-refractivity contribution in [2.24, 2.45) is 0 Å². The summed E-state index contributed by atoms with van der Waals surface area (Å²) in [6.07, 6.45) is 0. The summed E-state index contributed by atoms with van der Waals surface area (Å²) in [6.45, 7) is 12.2. The summed E-state index contributed by atoms with van der Waals surface area (Å²) in [7, 11) is 0. The molecule has 0 atom stereocenters. The van der Waals surface area contributed by atoms with E-state index in [0.717, 1.165) is 0 Å². The Kier molecular flexibility index (Phi) is 9.59. The molecule has 25 heavy (non-hydrogen) atoms. The van der Waals surface area contributed by atoms with Crippen LogP contribution in [-0.2, 0) is 31.5 Å². The van der Waals surface area contributed by atoms with Gasteiger partial charge in [-0.25, -0.2) is 0 Å². The van der Waals surface area contributed by atoms with Crippen LogP contribution in [0, 0.1) is 0 Å². The Hall–Kier alpha value is -1.20. The van der Waals surface area contributed by atoms with Crippen LogP contribution in [0.3, 0.4) is 0 Å². The molecule has 0 aliphatic carbocycles. The minimum absolute atomic E-state index is 0.719. The first-order chi connectivity index (χ1) is 11.3. The molecule has 13 heteroatoms. The van der Waals surface area contributed by atoms with Gasteiger partial charge < -0.3 is 0 Å². The van der Waals surface area contributed by atoms with Gasteiger partial charge in [0, 0.05) is 0 Å². The van der Waals surface area contributed by atoms with Gasteiger partial charge in [-0.15, -0.1) is 0 Å². The van der Waals surface area contributed by atoms with E-state index in [1.165, 1.54) is 0 Å². The molecule has 0 spiro atoms. The second kappa shape index (κ2) is 10.1. The van der Waals surface area contributed by atoms with E-state index < -0.39 is 64.0 Å². The predicted octanol–water partition coefficient (Wildman–Crippen LogP) is 2.60. The van der Waals surface area contributed by atoms with E-state index in [4.69, 9.17) is 46.4 Å². The van der Waals surface area contributed by atoms with Gasteiger partial charge in [0.1, 0.15) is 0 Å². The summed E-state index contributed by atoms with van der Waals surface area (Å²) < 4.78 is 18.7. The Morgan fingerprint density at radius 3 is 0.800 bits per heavy atom. The topological polar surface area (TPSA) is 105 Å². The number of rotatable bonds is 8. The van der Waals surface area contributed by atoms with E-state index in [-0.39, 0.29) is 0 Å². The van der Waals surface area contributed by atoms with Crippen LogP contribution >= 0.6 is 46.4 Å². The molecule has 0 amide bonds. The molecule has 0 aromatic heterocycles. The monoisotopic (exact) mass is 540 g/mol. The molecule has 0 aromatic rings. The Bertz CT molecular complexity index is 569. The molecular weight excluding hydrogens is 533 g/mol. The summed E-state index contributed by atoms with van der Waals surface area (Å²) in [4.78, 5) is 46.7. The Morgan fingerprint density at radius 1 is 0.520 bits per heavy atom. The van der Waals surface area contributed by atoms with Gasteiger partial charge in [-0.05, 0) is 0 Å². The van der Waals surface area contributed by atoms with E-state index in [2.05, 4.69) is 38.6 Å². The molecule has 0 unspecified atom stereocenters. The molecule has 136 valence electrons. The van der Waals surface area contributed by atoms with Crippen molar-refractivity contribution in [1.82, 2.24) is 0 Å². The number of hydrogen-bond donors (Lipinski definition) is 0. The molecule has 0 heterocycles. The zero-order chi connectivity index (χ0) is 19.9. The summed E-state index contributed by atoms with van der Waals surface area (Å²) in [5.74, 6) is -5.70. The zero-order valence-electron chi connectivity index (χ0n) is 12.1. The summed E-state index contributed by atoms with van der Waals surface area (Å²) in [5, 5.41) is -2.88. The van der Waals surface area contributed by atoms with E-state index in [9.17, 15) is 19.2 Å². The molecule has 0 N–H and O–H groups in total. The average Bonchev–Trinajstić information content (AvgIpc) is 2.46. The maximum atomic E-state index is 11.7. The fraction of sp³-hybridized carbons (Fsp3) is 0. The molecule has 0 rings (SSSR count). The van der Waals surface area contributed by atoms with Crippen LogP contribution in [0.25, 0.3) is 0 Å². The van der Waals surface area contributed by atoms with Gasteiger partial charge in [0.2, 0.25) is 0 Å². The number of carbonyl (C=O) groups is 4. The first-order valence-corrected chi connectivity index (χ1v) is 11.8. The third kappa shape index (κ3) is 8.14. The van der Waals surface area contributed by atoms with E-state index in [1.54, 1.807) is 0 Å². The van der Waals surface area contributed by atoms with Gasteiger partial charge in [-0.1, -0.05) is 0 Å². The van der Waals surface area contributed by atoms with Crippen molar-refractivity contribution < 1.29 is 31.5 Å². The van der Waals surface area contributed by atoms with Crippen molar-refractivity contribution in [1.29, 1.82) is 0 Å². The summed E-state index contributed by atoms with van der Waals surface area (Å²) in [5.41, 5.74) is 0. The standard InChI is InChI=1S/4C3H3ClO2.Sn/c4*1-2(4)3(5)6;/h4*1H2,(H,5,6);/q;;;;+4/p-4. The molecule has 8 nitrogen and oxygen atoms in total. The first kappa shape index (κ1) is 23.8. The molecule has 0 aliphatic heterocycles. The molecule has 0 saturated carbocycles. The molecule has 0 fully saturated rings. The van der Waals surface area contributed by atoms with Gasteiger partial charge in [0.05, 0.1) is 0 Å². The first-order valence-electron chi connectivity index (χ1n) is 5.62. The number of halogens is 4. The van der Waals surface area contributed by atoms with Crippen LogP contribution in [-0.4, -0.2) is 43.9 Å². The summed E-state index contributed by atoms with van der Waals surface area (Å²) >= 11 is 15.2. The molecule has 0 aromatic carbocycles. The van der Waals surface area contributed by atoms with Crippen molar-refractivity contribution >= 4 is 90.3 Å². The molecule has 0 saturated heterocycles. The second-order valence-corrected chi connectivity index (χ2v) is 10.7. The van der Waals surface area contributed by atoms with E-state index >= 15 is 0 Å². The van der Waals surface area contributed by atoms with E-state index in [1.807, 2.05) is 0 Å². The molecule has 0 radical (unpaired) electrons. The zero-order valence-corrected chi connectivity index (χ0v) is 18.0. The van der Waals surface area contributed by atoms with Gasteiger partial charge in [-0.2, -0.15) is 0 Å². The van der Waals surface area contributed by atoms with Gasteiger partial charge in [0.15, 0.2) is 0 Å². The molecule has 0 aliphatic rings. The molecular formula is C12H8Cl4O8Sn. The Labute approximate surface area is 167 Å². The Balaban J connectivity index is 6.05. The SMILES string of the molecule is C=C(Cl)C(=O)[O][Sn]([O]C(=O)C(=C)Cl)([O]C(=O)C(=C)Cl)[O]C(=O)C(=C)Cl. The van der Waals surface area contributed by atoms with Gasteiger partial charge in [0.25, 0.3) is 0 Å². The van der Waals surface area contributed by atoms with Crippen LogP contribution in [0.2, 0.25) is 0 Å². The fourth-order valence-electron chi connectivity index (χ4n) is 0.801. The van der Waals surface area contributed by atoms with Crippen molar-refractivity contribution in [3.8, 4) is 0 Å². The quantitative estimate of drug-likeness (QED) is 0.342. The van der Waals surface area contributed by atoms with Crippen LogP contribution in [0.4, 0.5) is 0 Å². The van der Waals surface area contributed by atoms with Gasteiger partial charge in [-0.3, -0.25) is 0 Å². The summed E-state index contributed by atoms with van der Waals surface area (Å²) in [6, 6.07) is 0. The second-order valence-electron chi connectivity index (χ2n) is 3.68. The maximum absolute atomic E-state index is 11.7. The predicted molar refractivity (Wildman–Crippen MR) is 90.1 cm³/mol. The Morgan fingerprint density at radius 2 is 0.680 bits per heavy atom. The molecule has 0 bridgehead atoms. The van der Waals surface area contributed by atoms with Crippen molar-refractivity contribution in [2.45, 2.75) is 0 Å². The van der Waals surface area contributed by atoms with Crippen molar-refractivity contribution in [3.63, 3.8) is 0 Å². The van der Waals surface area contributed by atoms with Crippen LogP contribution in [0.1, 0.15) is 0 Å². The van der Waals surface area contributed by atoms with Crippen LogP contribution in [0.15, 0.2) is 46.4 Å². The van der Waals surface area contributed by atoms with Gasteiger partial charge >= 0.3 is 168 Å². The number of carbonyl (C=O) groups excluding carboxylic acids is 4.